The Morgan fingerprint density at radius 3 is 1.68 bits per heavy atom. The van der Waals surface area contributed by atoms with Crippen LogP contribution in [0.3, 0.4) is 0 Å². The first kappa shape index (κ1) is 21.1. The molecule has 156 valence electrons. The van der Waals surface area contributed by atoms with Gasteiger partial charge in [0.25, 0.3) is 5.69 Å². The third-order valence-electron chi connectivity index (χ3n) is 5.39. The molecule has 0 aliphatic carbocycles. The van der Waals surface area contributed by atoms with Crippen LogP contribution in [0.4, 0.5) is 5.69 Å². The highest BCUT2D eigenvalue weighted by atomic mass is 79.9. The highest BCUT2D eigenvalue weighted by molar-refractivity contribution is 9.10. The molecule has 0 amide bonds. The monoisotopic (exact) mass is 474 g/mol. The zero-order chi connectivity index (χ0) is 22.2. The molecule has 0 aliphatic heterocycles. The summed E-state index contributed by atoms with van der Waals surface area (Å²) in [6.45, 7) is 6.60. The van der Waals surface area contributed by atoms with E-state index in [-0.39, 0.29) is 16.0 Å². The van der Waals surface area contributed by atoms with E-state index in [0.29, 0.717) is 0 Å². The van der Waals surface area contributed by atoms with Gasteiger partial charge in [0.1, 0.15) is 0 Å². The van der Waals surface area contributed by atoms with Gasteiger partial charge in [-0.3, -0.25) is 10.1 Å². The summed E-state index contributed by atoms with van der Waals surface area (Å²) in [5.41, 5.74) is 6.54. The minimum absolute atomic E-state index is 0.0744. The minimum atomic E-state index is -0.374. The standard InChI is InChI=1S/C26H23BrN2O2/c1-26(2,3)20-8-14-22(15-9-20)28-24(18-4-10-21(27)11-5-18)16-17-25(28)19-6-12-23(13-7-19)29(30)31/h4-17H,1-3H3. The topological polar surface area (TPSA) is 48.1 Å². The zero-order valence-electron chi connectivity index (χ0n) is 17.7. The van der Waals surface area contributed by atoms with E-state index in [1.54, 1.807) is 24.3 Å². The van der Waals surface area contributed by atoms with Gasteiger partial charge < -0.3 is 4.57 Å². The number of non-ortho nitro benzene ring substituents is 1. The lowest BCUT2D eigenvalue weighted by Gasteiger charge is -2.20. The maximum atomic E-state index is 11.1. The van der Waals surface area contributed by atoms with Crippen molar-refractivity contribution in [1.82, 2.24) is 4.57 Å². The van der Waals surface area contributed by atoms with Crippen LogP contribution in [0.2, 0.25) is 0 Å². The molecular weight excluding hydrogens is 452 g/mol. The van der Waals surface area contributed by atoms with Gasteiger partial charge in [-0.2, -0.15) is 0 Å². The van der Waals surface area contributed by atoms with Gasteiger partial charge in [0.2, 0.25) is 0 Å². The van der Waals surface area contributed by atoms with Gasteiger partial charge in [-0.1, -0.05) is 61.0 Å². The average Bonchev–Trinajstić information content (AvgIpc) is 3.19. The predicted molar refractivity (Wildman–Crippen MR) is 130 cm³/mol. The quantitative estimate of drug-likeness (QED) is 0.224. The zero-order valence-corrected chi connectivity index (χ0v) is 19.3. The molecule has 0 fully saturated rings. The van der Waals surface area contributed by atoms with Crippen molar-refractivity contribution in [3.05, 3.63) is 105 Å². The van der Waals surface area contributed by atoms with E-state index in [2.05, 4.69) is 89.8 Å². The predicted octanol–water partition coefficient (Wildman–Crippen LogP) is 7.78. The highest BCUT2D eigenvalue weighted by Gasteiger charge is 2.17. The van der Waals surface area contributed by atoms with Gasteiger partial charge in [-0.15, -0.1) is 0 Å². The van der Waals surface area contributed by atoms with Gasteiger partial charge in [-0.25, -0.2) is 0 Å². The molecule has 4 rings (SSSR count). The Morgan fingerprint density at radius 2 is 1.23 bits per heavy atom. The molecule has 0 saturated carbocycles. The number of nitro groups is 1. The van der Waals surface area contributed by atoms with Gasteiger partial charge in [0, 0.05) is 22.3 Å². The largest absolute Gasteiger partial charge is 0.309 e. The maximum absolute atomic E-state index is 11.1. The SMILES string of the molecule is CC(C)(C)c1ccc(-n2c(-c3ccc(Br)cc3)ccc2-c2ccc([N+](=O)[O-])cc2)cc1. The van der Waals surface area contributed by atoms with Crippen molar-refractivity contribution in [3.63, 3.8) is 0 Å². The molecule has 1 aromatic heterocycles. The molecule has 4 nitrogen and oxygen atoms in total. The molecule has 0 unspecified atom stereocenters. The second-order valence-corrected chi connectivity index (χ2v) is 9.46. The number of benzene rings is 3. The summed E-state index contributed by atoms with van der Waals surface area (Å²) in [5, 5.41) is 11.1. The average molecular weight is 475 g/mol. The highest BCUT2D eigenvalue weighted by Crippen LogP contribution is 2.34. The fourth-order valence-electron chi connectivity index (χ4n) is 3.65. The lowest BCUT2D eigenvalue weighted by Crippen LogP contribution is -2.11. The van der Waals surface area contributed by atoms with E-state index in [1.807, 2.05) is 12.1 Å². The van der Waals surface area contributed by atoms with Crippen LogP contribution in [-0.4, -0.2) is 9.49 Å². The van der Waals surface area contributed by atoms with E-state index < -0.39 is 0 Å². The smallest absolute Gasteiger partial charge is 0.269 e. The Kier molecular flexibility index (Phi) is 5.54. The molecule has 0 aliphatic rings. The molecule has 0 radical (unpaired) electrons. The van der Waals surface area contributed by atoms with Crippen LogP contribution in [-0.2, 0) is 5.41 Å². The first-order chi connectivity index (χ1) is 14.7. The summed E-state index contributed by atoms with van der Waals surface area (Å²) in [6, 6.07) is 27.7. The number of nitro benzene ring substituents is 1. The third-order valence-corrected chi connectivity index (χ3v) is 5.91. The first-order valence-electron chi connectivity index (χ1n) is 10.1. The van der Waals surface area contributed by atoms with Crippen LogP contribution < -0.4 is 0 Å². The van der Waals surface area contributed by atoms with Crippen molar-refractivity contribution in [2.24, 2.45) is 0 Å². The molecule has 3 aromatic carbocycles. The fraction of sp³-hybridized carbons (Fsp3) is 0.154. The molecule has 4 aromatic rings. The van der Waals surface area contributed by atoms with Crippen LogP contribution in [0, 0.1) is 10.1 Å². The Hall–Kier alpha value is -3.18. The normalized spacial score (nSPS) is 11.5. The maximum Gasteiger partial charge on any atom is 0.269 e. The lowest BCUT2D eigenvalue weighted by molar-refractivity contribution is -0.384. The number of hydrogen-bond acceptors (Lipinski definition) is 2. The van der Waals surface area contributed by atoms with Crippen molar-refractivity contribution in [2.75, 3.05) is 0 Å². The van der Waals surface area contributed by atoms with E-state index >= 15 is 0 Å². The summed E-state index contributed by atoms with van der Waals surface area (Å²) in [6.07, 6.45) is 0. The Bertz CT molecular complexity index is 1220. The summed E-state index contributed by atoms with van der Waals surface area (Å²) < 4.78 is 3.23. The van der Waals surface area contributed by atoms with Crippen LogP contribution in [0.15, 0.2) is 89.4 Å². The molecule has 0 N–H and O–H groups in total. The number of halogens is 1. The summed E-state index contributed by atoms with van der Waals surface area (Å²) in [4.78, 5) is 10.7. The van der Waals surface area contributed by atoms with Gasteiger partial charge >= 0.3 is 0 Å². The molecule has 1 heterocycles. The fourth-order valence-corrected chi connectivity index (χ4v) is 3.91. The first-order valence-corrected chi connectivity index (χ1v) is 10.9. The van der Waals surface area contributed by atoms with Crippen LogP contribution >= 0.6 is 15.9 Å². The number of aromatic nitrogens is 1. The minimum Gasteiger partial charge on any atom is -0.309 e. The Balaban J connectivity index is 1.88. The lowest BCUT2D eigenvalue weighted by atomic mass is 9.87. The summed E-state index contributed by atoms with van der Waals surface area (Å²) in [5.74, 6) is 0. The molecular formula is C26H23BrN2O2. The van der Waals surface area contributed by atoms with Gasteiger partial charge in [-0.05, 0) is 70.6 Å². The van der Waals surface area contributed by atoms with E-state index in [9.17, 15) is 10.1 Å². The van der Waals surface area contributed by atoms with Crippen LogP contribution in [0.5, 0.6) is 0 Å². The van der Waals surface area contributed by atoms with Gasteiger partial charge in [0.05, 0.1) is 16.3 Å². The molecule has 0 atom stereocenters. The summed E-state index contributed by atoms with van der Waals surface area (Å²) >= 11 is 3.51. The van der Waals surface area contributed by atoms with Crippen LogP contribution in [0.25, 0.3) is 28.2 Å². The van der Waals surface area contributed by atoms with Crippen molar-refractivity contribution >= 4 is 21.6 Å². The second-order valence-electron chi connectivity index (χ2n) is 8.55. The van der Waals surface area contributed by atoms with Crippen molar-refractivity contribution in [3.8, 4) is 28.2 Å². The Labute approximate surface area is 190 Å². The Morgan fingerprint density at radius 1 is 0.742 bits per heavy atom. The van der Waals surface area contributed by atoms with Crippen molar-refractivity contribution in [1.29, 1.82) is 0 Å². The molecule has 0 saturated heterocycles. The number of hydrogen-bond donors (Lipinski definition) is 0. The summed E-state index contributed by atoms with van der Waals surface area (Å²) in [7, 11) is 0. The van der Waals surface area contributed by atoms with E-state index in [4.69, 9.17) is 0 Å². The number of rotatable bonds is 4. The molecule has 0 spiro atoms. The van der Waals surface area contributed by atoms with E-state index in [0.717, 1.165) is 32.7 Å². The molecule has 0 bridgehead atoms. The van der Waals surface area contributed by atoms with Crippen molar-refractivity contribution in [2.45, 2.75) is 26.2 Å². The molecule has 31 heavy (non-hydrogen) atoms. The van der Waals surface area contributed by atoms with Crippen LogP contribution in [0.1, 0.15) is 26.3 Å². The van der Waals surface area contributed by atoms with E-state index in [1.165, 1.54) is 5.56 Å². The second kappa shape index (κ2) is 8.16. The molecule has 5 heteroatoms. The van der Waals surface area contributed by atoms with Crippen molar-refractivity contribution < 1.29 is 4.92 Å². The van der Waals surface area contributed by atoms with Gasteiger partial charge in [0.15, 0.2) is 0 Å². The third kappa shape index (κ3) is 4.32. The number of nitrogens with zero attached hydrogens (tertiary/aromatic N) is 2.